The summed E-state index contributed by atoms with van der Waals surface area (Å²) in [5.41, 5.74) is 0. The lowest BCUT2D eigenvalue weighted by Gasteiger charge is -2.35. The molecule has 2 aliphatic heterocycles. The number of aliphatic imine (C=N–C) groups is 1. The predicted molar refractivity (Wildman–Crippen MR) is 116 cm³/mol. The fourth-order valence-corrected chi connectivity index (χ4v) is 4.79. The number of nitrogens with one attached hydrogen (secondary N) is 1. The summed E-state index contributed by atoms with van der Waals surface area (Å²) < 4.78 is 10.7. The molecule has 3 rings (SSSR count). The SMILES string of the molecule is CCNC(=NCC(c1cccs1)N1CCOCC1)N1CCC(C(=O)OCC)CC1. The Labute approximate surface area is 178 Å². The van der Waals surface area contributed by atoms with Crippen LogP contribution in [0.1, 0.15) is 37.6 Å². The molecule has 2 fully saturated rings. The second-order valence-electron chi connectivity index (χ2n) is 7.39. The fourth-order valence-electron chi connectivity index (χ4n) is 3.94. The molecule has 3 heterocycles. The number of nitrogens with zero attached hydrogens (tertiary/aromatic N) is 3. The molecule has 1 unspecified atom stereocenters. The lowest BCUT2D eigenvalue weighted by atomic mass is 9.97. The molecular weight excluding hydrogens is 388 g/mol. The van der Waals surface area contributed by atoms with Crippen LogP contribution >= 0.6 is 11.3 Å². The second-order valence-corrected chi connectivity index (χ2v) is 8.37. The number of guanidine groups is 1. The van der Waals surface area contributed by atoms with Gasteiger partial charge in [-0.15, -0.1) is 11.3 Å². The van der Waals surface area contributed by atoms with Gasteiger partial charge in [-0.3, -0.25) is 14.7 Å². The summed E-state index contributed by atoms with van der Waals surface area (Å²) in [4.78, 5) is 23.2. The first-order valence-electron chi connectivity index (χ1n) is 10.8. The van der Waals surface area contributed by atoms with Gasteiger partial charge in [0.25, 0.3) is 0 Å². The van der Waals surface area contributed by atoms with E-state index in [9.17, 15) is 4.79 Å². The Morgan fingerprint density at radius 3 is 2.69 bits per heavy atom. The predicted octanol–water partition coefficient (Wildman–Crippen LogP) is 2.36. The molecule has 1 aromatic heterocycles. The van der Waals surface area contributed by atoms with Crippen LogP contribution in [-0.2, 0) is 14.3 Å². The summed E-state index contributed by atoms with van der Waals surface area (Å²) in [6.07, 6.45) is 1.64. The highest BCUT2D eigenvalue weighted by Crippen LogP contribution is 2.26. The average Bonchev–Trinajstić information content (AvgIpc) is 3.29. The molecule has 0 radical (unpaired) electrons. The molecule has 2 aliphatic rings. The van der Waals surface area contributed by atoms with Crippen LogP contribution in [0.25, 0.3) is 0 Å². The zero-order valence-corrected chi connectivity index (χ0v) is 18.5. The Kier molecular flexibility index (Phi) is 8.76. The first kappa shape index (κ1) is 22.1. The third-order valence-electron chi connectivity index (χ3n) is 5.52. The third-order valence-corrected chi connectivity index (χ3v) is 6.49. The maximum atomic E-state index is 12.0. The molecule has 8 heteroatoms. The highest BCUT2D eigenvalue weighted by Gasteiger charge is 2.28. The number of rotatable bonds is 7. The first-order valence-corrected chi connectivity index (χ1v) is 11.7. The van der Waals surface area contributed by atoms with E-state index in [2.05, 4.69) is 39.6 Å². The lowest BCUT2D eigenvalue weighted by Crippen LogP contribution is -2.47. The Balaban J connectivity index is 1.65. The van der Waals surface area contributed by atoms with E-state index in [1.807, 2.05) is 6.92 Å². The van der Waals surface area contributed by atoms with Crippen molar-refractivity contribution >= 4 is 23.3 Å². The molecule has 0 bridgehead atoms. The number of likely N-dealkylation sites (tertiary alicyclic amines) is 1. The largest absolute Gasteiger partial charge is 0.466 e. The number of hydrogen-bond acceptors (Lipinski definition) is 6. The molecule has 0 aromatic carbocycles. The van der Waals surface area contributed by atoms with Crippen molar-refractivity contribution in [3.05, 3.63) is 22.4 Å². The maximum absolute atomic E-state index is 12.0. The number of carbonyl (C=O) groups is 1. The summed E-state index contributed by atoms with van der Waals surface area (Å²) in [7, 11) is 0. The van der Waals surface area contributed by atoms with Gasteiger partial charge in [0.05, 0.1) is 38.3 Å². The van der Waals surface area contributed by atoms with Crippen molar-refractivity contribution in [2.45, 2.75) is 32.7 Å². The number of piperidine rings is 1. The number of ether oxygens (including phenoxy) is 2. The van der Waals surface area contributed by atoms with Crippen molar-refractivity contribution in [1.29, 1.82) is 0 Å². The zero-order valence-electron chi connectivity index (χ0n) is 17.6. The standard InChI is InChI=1S/C21H34N4O3S/c1-3-22-21(25-9-7-17(8-10-25)20(26)28-4-2)23-16-18(19-6-5-15-29-19)24-11-13-27-14-12-24/h5-6,15,17-18H,3-4,7-14,16H2,1-2H3,(H,22,23). The molecule has 2 saturated heterocycles. The minimum absolute atomic E-state index is 0.0151. The number of hydrogen-bond donors (Lipinski definition) is 1. The monoisotopic (exact) mass is 422 g/mol. The molecule has 1 atom stereocenters. The second kappa shape index (κ2) is 11.5. The highest BCUT2D eigenvalue weighted by molar-refractivity contribution is 7.10. The van der Waals surface area contributed by atoms with Crippen molar-refractivity contribution in [3.63, 3.8) is 0 Å². The van der Waals surface area contributed by atoms with Gasteiger partial charge in [-0.1, -0.05) is 6.07 Å². The third kappa shape index (κ3) is 6.17. The zero-order chi connectivity index (χ0) is 20.5. The Morgan fingerprint density at radius 2 is 2.07 bits per heavy atom. The summed E-state index contributed by atoms with van der Waals surface area (Å²) in [5, 5.41) is 5.58. The van der Waals surface area contributed by atoms with Crippen LogP contribution in [0.15, 0.2) is 22.5 Å². The van der Waals surface area contributed by atoms with E-state index in [1.165, 1.54) is 4.88 Å². The van der Waals surface area contributed by atoms with E-state index in [1.54, 1.807) is 11.3 Å². The Hall–Kier alpha value is -1.64. The van der Waals surface area contributed by atoms with Gasteiger partial charge >= 0.3 is 5.97 Å². The van der Waals surface area contributed by atoms with Crippen LogP contribution < -0.4 is 5.32 Å². The highest BCUT2D eigenvalue weighted by atomic mass is 32.1. The number of carbonyl (C=O) groups excluding carboxylic acids is 1. The topological polar surface area (TPSA) is 66.4 Å². The molecule has 0 aliphatic carbocycles. The van der Waals surface area contributed by atoms with E-state index in [0.717, 1.165) is 71.3 Å². The molecule has 1 N–H and O–H groups in total. The minimum Gasteiger partial charge on any atom is -0.466 e. The molecule has 162 valence electrons. The van der Waals surface area contributed by atoms with Gasteiger partial charge in [-0.2, -0.15) is 0 Å². The minimum atomic E-state index is -0.0563. The van der Waals surface area contributed by atoms with Crippen LogP contribution in [0.2, 0.25) is 0 Å². The van der Waals surface area contributed by atoms with Crippen LogP contribution in [0.4, 0.5) is 0 Å². The van der Waals surface area contributed by atoms with E-state index in [0.29, 0.717) is 6.61 Å². The first-order chi connectivity index (χ1) is 14.2. The average molecular weight is 423 g/mol. The van der Waals surface area contributed by atoms with Gasteiger partial charge < -0.3 is 19.7 Å². The maximum Gasteiger partial charge on any atom is 0.309 e. The van der Waals surface area contributed by atoms with Gasteiger partial charge in [0.1, 0.15) is 0 Å². The molecule has 0 amide bonds. The van der Waals surface area contributed by atoms with Gasteiger partial charge in [-0.05, 0) is 38.1 Å². The Bertz CT molecular complexity index is 638. The smallest absolute Gasteiger partial charge is 0.309 e. The molecular formula is C21H34N4O3S. The van der Waals surface area contributed by atoms with Crippen LogP contribution in [0.5, 0.6) is 0 Å². The van der Waals surface area contributed by atoms with E-state index < -0.39 is 0 Å². The number of esters is 1. The quantitative estimate of drug-likeness (QED) is 0.413. The van der Waals surface area contributed by atoms with E-state index in [4.69, 9.17) is 14.5 Å². The molecule has 29 heavy (non-hydrogen) atoms. The summed E-state index contributed by atoms with van der Waals surface area (Å²) >= 11 is 1.80. The van der Waals surface area contributed by atoms with Crippen LogP contribution in [-0.4, -0.2) is 80.8 Å². The van der Waals surface area contributed by atoms with Crippen LogP contribution in [0.3, 0.4) is 0 Å². The molecule has 0 spiro atoms. The summed E-state index contributed by atoms with van der Waals surface area (Å²) in [6.45, 7) is 11.1. The lowest BCUT2D eigenvalue weighted by molar-refractivity contribution is -0.149. The van der Waals surface area contributed by atoms with Crippen molar-refractivity contribution < 1.29 is 14.3 Å². The van der Waals surface area contributed by atoms with Crippen molar-refractivity contribution in [1.82, 2.24) is 15.1 Å². The summed E-state index contributed by atoms with van der Waals surface area (Å²) in [5.74, 6) is 0.907. The van der Waals surface area contributed by atoms with E-state index in [-0.39, 0.29) is 17.9 Å². The van der Waals surface area contributed by atoms with Crippen molar-refractivity contribution in [2.75, 3.05) is 59.1 Å². The fraction of sp³-hybridized carbons (Fsp3) is 0.714. The Morgan fingerprint density at radius 1 is 1.31 bits per heavy atom. The van der Waals surface area contributed by atoms with Gasteiger partial charge in [-0.25, -0.2) is 0 Å². The molecule has 7 nitrogen and oxygen atoms in total. The van der Waals surface area contributed by atoms with E-state index >= 15 is 0 Å². The molecule has 0 saturated carbocycles. The van der Waals surface area contributed by atoms with Gasteiger partial charge in [0, 0.05) is 37.6 Å². The van der Waals surface area contributed by atoms with Crippen molar-refractivity contribution in [3.8, 4) is 0 Å². The number of thiophene rings is 1. The summed E-state index contributed by atoms with van der Waals surface area (Å²) in [6, 6.07) is 4.60. The van der Waals surface area contributed by atoms with Gasteiger partial charge in [0.2, 0.25) is 0 Å². The normalized spacial score (nSPS) is 20.5. The van der Waals surface area contributed by atoms with Crippen molar-refractivity contribution in [2.24, 2.45) is 10.9 Å². The number of morpholine rings is 1. The molecule has 1 aromatic rings. The van der Waals surface area contributed by atoms with Crippen LogP contribution in [0, 0.1) is 5.92 Å². The van der Waals surface area contributed by atoms with Gasteiger partial charge in [0.15, 0.2) is 5.96 Å².